The molecule has 0 radical (unpaired) electrons. The Labute approximate surface area is 125 Å². The number of methoxy groups -OCH3 is 1. The number of rotatable bonds is 6. The molecule has 2 N–H and O–H groups in total. The lowest BCUT2D eigenvalue weighted by molar-refractivity contribution is 0.284. The highest BCUT2D eigenvalue weighted by Gasteiger charge is 2.10. The number of thiophene rings is 1. The summed E-state index contributed by atoms with van der Waals surface area (Å²) in [6.07, 6.45) is 0.778. The summed E-state index contributed by atoms with van der Waals surface area (Å²) in [6.45, 7) is 1.13. The lowest BCUT2D eigenvalue weighted by Crippen LogP contribution is -2.06. The quantitative estimate of drug-likeness (QED) is 0.872. The van der Waals surface area contributed by atoms with Gasteiger partial charge in [-0.15, -0.1) is 11.3 Å². The van der Waals surface area contributed by atoms with Crippen molar-refractivity contribution in [2.24, 2.45) is 5.73 Å². The first-order valence-corrected chi connectivity index (χ1v) is 7.58. The van der Waals surface area contributed by atoms with Crippen molar-refractivity contribution in [2.45, 2.75) is 13.0 Å². The van der Waals surface area contributed by atoms with Gasteiger partial charge >= 0.3 is 0 Å². The van der Waals surface area contributed by atoms with Crippen LogP contribution in [0.2, 0.25) is 0 Å². The molecular formula is C14H16BrNO2S. The van der Waals surface area contributed by atoms with E-state index >= 15 is 0 Å². The number of benzene rings is 1. The normalized spacial score (nSPS) is 10.5. The first kappa shape index (κ1) is 14.4. The summed E-state index contributed by atoms with van der Waals surface area (Å²) >= 11 is 5.11. The van der Waals surface area contributed by atoms with Gasteiger partial charge in [0.25, 0.3) is 0 Å². The summed E-state index contributed by atoms with van der Waals surface area (Å²) in [5.41, 5.74) is 6.71. The fourth-order valence-electron chi connectivity index (χ4n) is 1.81. The molecule has 2 rings (SSSR count). The first-order chi connectivity index (χ1) is 9.24. The Morgan fingerprint density at radius 2 is 2.11 bits per heavy atom. The lowest BCUT2D eigenvalue weighted by atomic mass is 10.1. The maximum Gasteiger partial charge on any atom is 0.164 e. The minimum atomic E-state index is 0.536. The van der Waals surface area contributed by atoms with Gasteiger partial charge in [-0.05, 0) is 52.7 Å². The molecule has 3 nitrogen and oxygen atoms in total. The van der Waals surface area contributed by atoms with E-state index in [0.717, 1.165) is 32.1 Å². The molecule has 2 aromatic rings. The van der Waals surface area contributed by atoms with Gasteiger partial charge < -0.3 is 15.2 Å². The maximum atomic E-state index is 5.92. The second kappa shape index (κ2) is 6.93. The van der Waals surface area contributed by atoms with Crippen LogP contribution in [0, 0.1) is 0 Å². The van der Waals surface area contributed by atoms with Crippen LogP contribution in [0.25, 0.3) is 0 Å². The smallest absolute Gasteiger partial charge is 0.164 e. The molecule has 1 heterocycles. The van der Waals surface area contributed by atoms with Gasteiger partial charge in [0.1, 0.15) is 6.61 Å². The molecular weight excluding hydrogens is 326 g/mol. The van der Waals surface area contributed by atoms with Crippen molar-refractivity contribution in [3.63, 3.8) is 0 Å². The molecule has 19 heavy (non-hydrogen) atoms. The van der Waals surface area contributed by atoms with Crippen molar-refractivity contribution < 1.29 is 9.47 Å². The Morgan fingerprint density at radius 3 is 2.74 bits per heavy atom. The van der Waals surface area contributed by atoms with E-state index in [1.54, 1.807) is 18.4 Å². The average molecular weight is 342 g/mol. The fraction of sp³-hybridized carbons (Fsp3) is 0.286. The molecule has 0 saturated carbocycles. The standard InChI is InChI=1S/C14H16BrNO2S/c1-17-12-4-2-3-10(7-8-16)14(12)18-9-11-5-6-13(15)19-11/h2-6H,7-9,16H2,1H3. The number of nitrogens with two attached hydrogens (primary N) is 1. The molecule has 0 bridgehead atoms. The molecule has 0 aliphatic heterocycles. The van der Waals surface area contributed by atoms with Crippen molar-refractivity contribution in [3.05, 3.63) is 44.6 Å². The Balaban J connectivity index is 2.17. The van der Waals surface area contributed by atoms with Gasteiger partial charge in [-0.25, -0.2) is 0 Å². The summed E-state index contributed by atoms with van der Waals surface area (Å²) in [5, 5.41) is 0. The molecule has 0 unspecified atom stereocenters. The predicted molar refractivity (Wildman–Crippen MR) is 82.1 cm³/mol. The molecule has 0 saturated heterocycles. The Morgan fingerprint density at radius 1 is 1.26 bits per heavy atom. The second-order valence-electron chi connectivity index (χ2n) is 3.98. The summed E-state index contributed by atoms with van der Waals surface area (Å²) in [6, 6.07) is 9.95. The van der Waals surface area contributed by atoms with Crippen molar-refractivity contribution >= 4 is 27.3 Å². The number of hydrogen-bond donors (Lipinski definition) is 1. The molecule has 1 aromatic heterocycles. The Hall–Kier alpha value is -1.04. The van der Waals surface area contributed by atoms with Crippen LogP contribution >= 0.6 is 27.3 Å². The van der Waals surface area contributed by atoms with Crippen molar-refractivity contribution in [2.75, 3.05) is 13.7 Å². The highest BCUT2D eigenvalue weighted by atomic mass is 79.9. The maximum absolute atomic E-state index is 5.92. The molecule has 102 valence electrons. The molecule has 0 atom stereocenters. The SMILES string of the molecule is COc1cccc(CCN)c1OCc1ccc(Br)s1. The summed E-state index contributed by atoms with van der Waals surface area (Å²) in [4.78, 5) is 1.16. The van der Waals surface area contributed by atoms with Crippen molar-refractivity contribution in [3.8, 4) is 11.5 Å². The number of para-hydroxylation sites is 1. The monoisotopic (exact) mass is 341 g/mol. The molecule has 1 aromatic carbocycles. The zero-order valence-corrected chi connectivity index (χ0v) is 13.1. The van der Waals surface area contributed by atoms with E-state index in [4.69, 9.17) is 15.2 Å². The van der Waals surface area contributed by atoms with Gasteiger partial charge in [0.2, 0.25) is 0 Å². The average Bonchev–Trinajstić information content (AvgIpc) is 2.83. The van der Waals surface area contributed by atoms with E-state index in [9.17, 15) is 0 Å². The number of hydrogen-bond acceptors (Lipinski definition) is 4. The third-order valence-corrected chi connectivity index (χ3v) is 4.28. The van der Waals surface area contributed by atoms with Gasteiger partial charge in [-0.3, -0.25) is 0 Å². The van der Waals surface area contributed by atoms with Crippen LogP contribution in [0.5, 0.6) is 11.5 Å². The lowest BCUT2D eigenvalue weighted by Gasteiger charge is -2.14. The predicted octanol–water partition coefficient (Wildman–Crippen LogP) is 3.60. The second-order valence-corrected chi connectivity index (χ2v) is 6.53. The minimum absolute atomic E-state index is 0.536. The molecule has 5 heteroatoms. The van der Waals surface area contributed by atoms with Gasteiger partial charge in [0.15, 0.2) is 11.5 Å². The largest absolute Gasteiger partial charge is 0.493 e. The van der Waals surface area contributed by atoms with Crippen molar-refractivity contribution in [1.82, 2.24) is 0 Å². The summed E-state index contributed by atoms with van der Waals surface area (Å²) < 4.78 is 12.4. The van der Waals surface area contributed by atoms with E-state index in [1.807, 2.05) is 30.3 Å². The van der Waals surface area contributed by atoms with E-state index in [0.29, 0.717) is 13.2 Å². The van der Waals surface area contributed by atoms with Crippen LogP contribution in [0.3, 0.4) is 0 Å². The van der Waals surface area contributed by atoms with Gasteiger partial charge in [0.05, 0.1) is 10.9 Å². The van der Waals surface area contributed by atoms with Crippen LogP contribution in [0.4, 0.5) is 0 Å². The van der Waals surface area contributed by atoms with Crippen LogP contribution < -0.4 is 15.2 Å². The summed E-state index contributed by atoms with van der Waals surface area (Å²) in [7, 11) is 1.65. The zero-order valence-electron chi connectivity index (χ0n) is 10.7. The van der Waals surface area contributed by atoms with Crippen molar-refractivity contribution in [1.29, 1.82) is 0 Å². The highest BCUT2D eigenvalue weighted by molar-refractivity contribution is 9.11. The van der Waals surface area contributed by atoms with Crippen LogP contribution in [-0.4, -0.2) is 13.7 Å². The number of ether oxygens (including phenoxy) is 2. The molecule has 0 aliphatic rings. The van der Waals surface area contributed by atoms with Crippen LogP contribution in [0.15, 0.2) is 34.1 Å². The zero-order chi connectivity index (χ0) is 13.7. The third-order valence-electron chi connectivity index (χ3n) is 2.68. The minimum Gasteiger partial charge on any atom is -0.493 e. The highest BCUT2D eigenvalue weighted by Crippen LogP contribution is 2.33. The van der Waals surface area contributed by atoms with E-state index < -0.39 is 0 Å². The van der Waals surface area contributed by atoms with Gasteiger partial charge in [0, 0.05) is 4.88 Å². The fourth-order valence-corrected chi connectivity index (χ4v) is 3.21. The topological polar surface area (TPSA) is 44.5 Å². The van der Waals surface area contributed by atoms with Crippen LogP contribution in [-0.2, 0) is 13.0 Å². The first-order valence-electron chi connectivity index (χ1n) is 5.97. The van der Waals surface area contributed by atoms with Gasteiger partial charge in [-0.2, -0.15) is 0 Å². The number of halogens is 1. The Kier molecular flexibility index (Phi) is 5.24. The van der Waals surface area contributed by atoms with E-state index in [-0.39, 0.29) is 0 Å². The molecule has 0 amide bonds. The van der Waals surface area contributed by atoms with E-state index in [1.165, 1.54) is 0 Å². The molecule has 0 aliphatic carbocycles. The molecule has 0 spiro atoms. The van der Waals surface area contributed by atoms with Gasteiger partial charge in [-0.1, -0.05) is 12.1 Å². The third kappa shape index (κ3) is 3.72. The Bertz CT molecular complexity index is 542. The van der Waals surface area contributed by atoms with Crippen LogP contribution in [0.1, 0.15) is 10.4 Å². The summed E-state index contributed by atoms with van der Waals surface area (Å²) in [5.74, 6) is 1.54. The molecule has 0 fully saturated rings. The van der Waals surface area contributed by atoms with E-state index in [2.05, 4.69) is 15.9 Å².